The average Bonchev–Trinajstić information content (AvgIpc) is 2.22. The number of nitrogens with zero attached hydrogens (tertiary/aromatic N) is 1. The molecule has 0 atom stereocenters. The summed E-state index contributed by atoms with van der Waals surface area (Å²) in [6, 6.07) is 5.29. The third-order valence-electron chi connectivity index (χ3n) is 1.95. The first kappa shape index (κ1) is 12.1. The molecule has 2 nitrogen and oxygen atoms in total. The van der Waals surface area contributed by atoms with Crippen molar-refractivity contribution in [2.45, 2.75) is 6.54 Å². The topological polar surface area (TPSA) is 20.3 Å². The molecule has 0 radical (unpaired) electrons. The first-order valence-electron chi connectivity index (χ1n) is 4.36. The highest BCUT2D eigenvalue weighted by atomic mass is 35.5. The Morgan fingerprint density at radius 3 is 2.67 bits per heavy atom. The number of hydrogen-bond acceptors (Lipinski definition) is 1. The van der Waals surface area contributed by atoms with E-state index >= 15 is 0 Å². The molecule has 0 aliphatic heterocycles. The van der Waals surface area contributed by atoms with Gasteiger partial charge in [0.2, 0.25) is 5.91 Å². The van der Waals surface area contributed by atoms with E-state index < -0.39 is 0 Å². The van der Waals surface area contributed by atoms with Crippen molar-refractivity contribution in [1.29, 1.82) is 0 Å². The molecule has 0 aliphatic rings. The smallest absolute Gasteiger partial charge is 0.245 e. The predicted octanol–water partition coefficient (Wildman–Crippen LogP) is 3.14. The number of benzene rings is 1. The van der Waals surface area contributed by atoms with E-state index in [0.717, 1.165) is 5.56 Å². The average molecular weight is 244 g/mol. The highest BCUT2D eigenvalue weighted by Gasteiger charge is 2.06. The molecule has 80 valence electrons. The van der Waals surface area contributed by atoms with Gasteiger partial charge in [-0.25, -0.2) is 0 Å². The molecule has 4 heteroatoms. The molecule has 0 saturated heterocycles. The van der Waals surface area contributed by atoms with Crippen molar-refractivity contribution in [3.05, 3.63) is 46.5 Å². The van der Waals surface area contributed by atoms with Crippen LogP contribution in [0.25, 0.3) is 0 Å². The zero-order valence-corrected chi connectivity index (χ0v) is 9.85. The molecule has 1 aromatic carbocycles. The molecular weight excluding hydrogens is 233 g/mol. The van der Waals surface area contributed by atoms with E-state index in [-0.39, 0.29) is 5.91 Å². The van der Waals surface area contributed by atoms with E-state index in [1.54, 1.807) is 24.1 Å². The van der Waals surface area contributed by atoms with E-state index in [9.17, 15) is 4.79 Å². The first-order chi connectivity index (χ1) is 7.04. The Morgan fingerprint density at radius 1 is 1.47 bits per heavy atom. The molecule has 0 aliphatic carbocycles. The summed E-state index contributed by atoms with van der Waals surface area (Å²) >= 11 is 11.6. The Kier molecular flexibility index (Phi) is 4.18. The minimum Gasteiger partial charge on any atom is -0.338 e. The van der Waals surface area contributed by atoms with Gasteiger partial charge in [0, 0.05) is 13.6 Å². The van der Waals surface area contributed by atoms with Gasteiger partial charge in [0.05, 0.1) is 10.0 Å². The van der Waals surface area contributed by atoms with Crippen LogP contribution in [0.2, 0.25) is 10.0 Å². The van der Waals surface area contributed by atoms with Crippen LogP contribution in [0.5, 0.6) is 0 Å². The van der Waals surface area contributed by atoms with E-state index in [0.29, 0.717) is 16.6 Å². The standard InChI is InChI=1S/C11H11Cl2NO/c1-3-11(15)14(2)7-8-4-5-9(12)10(13)6-8/h3-6H,1,7H2,2H3. The van der Waals surface area contributed by atoms with Crippen LogP contribution in [0, 0.1) is 0 Å². The fraction of sp³-hybridized carbons (Fsp3) is 0.182. The van der Waals surface area contributed by atoms with E-state index in [1.165, 1.54) is 6.08 Å². The van der Waals surface area contributed by atoms with Crippen LogP contribution in [0.15, 0.2) is 30.9 Å². The molecule has 0 N–H and O–H groups in total. The Labute approximate surface area is 99.1 Å². The maximum Gasteiger partial charge on any atom is 0.245 e. The molecule has 0 bridgehead atoms. The molecule has 0 heterocycles. The SMILES string of the molecule is C=CC(=O)N(C)Cc1ccc(Cl)c(Cl)c1. The second-order valence-corrected chi connectivity index (χ2v) is 3.96. The predicted molar refractivity (Wildman–Crippen MR) is 63.1 cm³/mol. The molecule has 0 fully saturated rings. The van der Waals surface area contributed by atoms with Gasteiger partial charge in [-0.2, -0.15) is 0 Å². The lowest BCUT2D eigenvalue weighted by molar-refractivity contribution is -0.125. The van der Waals surface area contributed by atoms with Gasteiger partial charge < -0.3 is 4.90 Å². The fourth-order valence-electron chi connectivity index (χ4n) is 1.15. The second kappa shape index (κ2) is 5.19. The van der Waals surface area contributed by atoms with Gasteiger partial charge in [-0.15, -0.1) is 0 Å². The minimum absolute atomic E-state index is 0.124. The van der Waals surface area contributed by atoms with Crippen LogP contribution in [-0.2, 0) is 11.3 Å². The van der Waals surface area contributed by atoms with Crippen LogP contribution in [-0.4, -0.2) is 17.9 Å². The minimum atomic E-state index is -0.124. The lowest BCUT2D eigenvalue weighted by Crippen LogP contribution is -2.23. The van der Waals surface area contributed by atoms with Crippen molar-refractivity contribution in [3.63, 3.8) is 0 Å². The van der Waals surface area contributed by atoms with Crippen LogP contribution in [0.4, 0.5) is 0 Å². The third-order valence-corrected chi connectivity index (χ3v) is 2.69. The third kappa shape index (κ3) is 3.26. The first-order valence-corrected chi connectivity index (χ1v) is 5.11. The van der Waals surface area contributed by atoms with Crippen LogP contribution < -0.4 is 0 Å². The summed E-state index contributed by atoms with van der Waals surface area (Å²) < 4.78 is 0. The lowest BCUT2D eigenvalue weighted by atomic mass is 10.2. The molecule has 0 spiro atoms. The largest absolute Gasteiger partial charge is 0.338 e. The Balaban J connectivity index is 2.77. The summed E-state index contributed by atoms with van der Waals surface area (Å²) in [4.78, 5) is 12.8. The van der Waals surface area contributed by atoms with E-state index in [4.69, 9.17) is 23.2 Å². The summed E-state index contributed by atoms with van der Waals surface area (Å²) in [7, 11) is 1.70. The molecular formula is C11H11Cl2NO. The molecule has 0 saturated carbocycles. The summed E-state index contributed by atoms with van der Waals surface area (Å²) in [5.74, 6) is -0.124. The normalized spacial score (nSPS) is 9.80. The Bertz CT molecular complexity index is 390. The number of carbonyl (C=O) groups excluding carboxylic acids is 1. The van der Waals surface area contributed by atoms with Crippen molar-refractivity contribution < 1.29 is 4.79 Å². The Morgan fingerprint density at radius 2 is 2.13 bits per heavy atom. The van der Waals surface area contributed by atoms with Gasteiger partial charge in [0.25, 0.3) is 0 Å². The molecule has 1 aromatic rings. The number of amides is 1. The molecule has 15 heavy (non-hydrogen) atoms. The number of hydrogen-bond donors (Lipinski definition) is 0. The van der Waals surface area contributed by atoms with Gasteiger partial charge in [-0.1, -0.05) is 35.8 Å². The van der Waals surface area contributed by atoms with Crippen LogP contribution >= 0.6 is 23.2 Å². The maximum absolute atomic E-state index is 11.2. The quantitative estimate of drug-likeness (QED) is 0.748. The highest BCUT2D eigenvalue weighted by Crippen LogP contribution is 2.23. The highest BCUT2D eigenvalue weighted by molar-refractivity contribution is 6.42. The zero-order chi connectivity index (χ0) is 11.4. The summed E-state index contributed by atoms with van der Waals surface area (Å²) in [5, 5.41) is 1.01. The molecule has 0 aromatic heterocycles. The molecule has 0 unspecified atom stereocenters. The zero-order valence-electron chi connectivity index (χ0n) is 8.34. The summed E-state index contributed by atoms with van der Waals surface area (Å²) in [6.07, 6.45) is 1.28. The maximum atomic E-state index is 11.2. The summed E-state index contributed by atoms with van der Waals surface area (Å²) in [5.41, 5.74) is 0.933. The number of halogens is 2. The van der Waals surface area contributed by atoms with E-state index in [1.807, 2.05) is 6.07 Å². The number of carbonyl (C=O) groups is 1. The lowest BCUT2D eigenvalue weighted by Gasteiger charge is -2.15. The Hall–Kier alpha value is -0.990. The van der Waals surface area contributed by atoms with Crippen molar-refractivity contribution >= 4 is 29.1 Å². The fourth-order valence-corrected chi connectivity index (χ4v) is 1.47. The van der Waals surface area contributed by atoms with Crippen LogP contribution in [0.3, 0.4) is 0 Å². The van der Waals surface area contributed by atoms with Crippen molar-refractivity contribution in [1.82, 2.24) is 4.90 Å². The van der Waals surface area contributed by atoms with Gasteiger partial charge in [-0.3, -0.25) is 4.79 Å². The second-order valence-electron chi connectivity index (χ2n) is 3.15. The van der Waals surface area contributed by atoms with Gasteiger partial charge in [-0.05, 0) is 23.8 Å². The van der Waals surface area contributed by atoms with Crippen LogP contribution in [0.1, 0.15) is 5.56 Å². The molecule has 1 rings (SSSR count). The number of rotatable bonds is 3. The van der Waals surface area contributed by atoms with E-state index in [2.05, 4.69) is 6.58 Å². The van der Waals surface area contributed by atoms with Gasteiger partial charge >= 0.3 is 0 Å². The monoisotopic (exact) mass is 243 g/mol. The van der Waals surface area contributed by atoms with Crippen molar-refractivity contribution in [2.24, 2.45) is 0 Å². The summed E-state index contributed by atoms with van der Waals surface area (Å²) in [6.45, 7) is 3.90. The van der Waals surface area contributed by atoms with Crippen molar-refractivity contribution in [2.75, 3.05) is 7.05 Å². The number of likely N-dealkylation sites (N-methyl/N-ethyl adjacent to an activating group) is 1. The van der Waals surface area contributed by atoms with Gasteiger partial charge in [0.15, 0.2) is 0 Å². The molecule has 1 amide bonds. The van der Waals surface area contributed by atoms with Gasteiger partial charge in [0.1, 0.15) is 0 Å². The van der Waals surface area contributed by atoms with Crippen molar-refractivity contribution in [3.8, 4) is 0 Å².